The molecule has 0 aromatic heterocycles. The van der Waals surface area contributed by atoms with Crippen LogP contribution in [-0.2, 0) is 11.2 Å². The molecule has 0 heterocycles. The van der Waals surface area contributed by atoms with Crippen LogP contribution in [0.1, 0.15) is 17.5 Å². The second kappa shape index (κ2) is 4.38. The molecule has 0 fully saturated rings. The van der Waals surface area contributed by atoms with Gasteiger partial charge < -0.3 is 4.79 Å². The smallest absolute Gasteiger partial charge is 0.127 e. The molecule has 0 spiro atoms. The number of benzene rings is 1. The summed E-state index contributed by atoms with van der Waals surface area (Å²) >= 11 is 5.77. The van der Waals surface area contributed by atoms with Gasteiger partial charge in [0.2, 0.25) is 0 Å². The highest BCUT2D eigenvalue weighted by molar-refractivity contribution is 6.31. The average Bonchev–Trinajstić information content (AvgIpc) is 2.10. The van der Waals surface area contributed by atoms with Crippen molar-refractivity contribution in [2.45, 2.75) is 19.8 Å². The quantitative estimate of drug-likeness (QED) is 0.686. The van der Waals surface area contributed by atoms with Crippen molar-refractivity contribution in [2.24, 2.45) is 0 Å². The van der Waals surface area contributed by atoms with Crippen LogP contribution in [0.2, 0.25) is 5.02 Å². The lowest BCUT2D eigenvalue weighted by Crippen LogP contribution is -1.91. The van der Waals surface area contributed by atoms with Gasteiger partial charge in [0.15, 0.2) is 0 Å². The number of halogens is 2. The predicted octanol–water partition coefficient (Wildman–Crippen LogP) is 2.92. The van der Waals surface area contributed by atoms with E-state index >= 15 is 0 Å². The Morgan fingerprint density at radius 3 is 2.77 bits per heavy atom. The first-order valence-corrected chi connectivity index (χ1v) is 4.41. The average molecular weight is 201 g/mol. The first kappa shape index (κ1) is 10.2. The van der Waals surface area contributed by atoms with Crippen molar-refractivity contribution in [1.29, 1.82) is 0 Å². The molecule has 0 radical (unpaired) electrons. The van der Waals surface area contributed by atoms with E-state index in [1.807, 2.05) is 0 Å². The van der Waals surface area contributed by atoms with Crippen molar-refractivity contribution in [3.63, 3.8) is 0 Å². The molecule has 0 N–H and O–H groups in total. The van der Waals surface area contributed by atoms with Crippen LogP contribution >= 0.6 is 11.6 Å². The van der Waals surface area contributed by atoms with Gasteiger partial charge in [-0.2, -0.15) is 0 Å². The van der Waals surface area contributed by atoms with E-state index in [2.05, 4.69) is 0 Å². The van der Waals surface area contributed by atoms with E-state index in [9.17, 15) is 9.18 Å². The highest BCUT2D eigenvalue weighted by atomic mass is 35.5. The first-order chi connectivity index (χ1) is 6.15. The van der Waals surface area contributed by atoms with Crippen LogP contribution in [0.4, 0.5) is 4.39 Å². The third-order valence-electron chi connectivity index (χ3n) is 1.89. The van der Waals surface area contributed by atoms with Gasteiger partial charge in [0.25, 0.3) is 0 Å². The minimum atomic E-state index is -0.312. The van der Waals surface area contributed by atoms with E-state index in [4.69, 9.17) is 11.6 Å². The topological polar surface area (TPSA) is 17.1 Å². The van der Waals surface area contributed by atoms with E-state index in [0.717, 1.165) is 11.8 Å². The number of hydrogen-bond acceptors (Lipinski definition) is 1. The molecule has 70 valence electrons. The summed E-state index contributed by atoms with van der Waals surface area (Å²) in [5.74, 6) is -0.312. The van der Waals surface area contributed by atoms with Crippen molar-refractivity contribution in [2.75, 3.05) is 0 Å². The van der Waals surface area contributed by atoms with Crippen LogP contribution in [0, 0.1) is 12.7 Å². The van der Waals surface area contributed by atoms with Gasteiger partial charge in [-0.25, -0.2) is 4.39 Å². The normalized spacial score (nSPS) is 10.1. The van der Waals surface area contributed by atoms with E-state index in [1.54, 1.807) is 13.0 Å². The molecule has 0 saturated heterocycles. The number of hydrogen-bond donors (Lipinski definition) is 0. The summed E-state index contributed by atoms with van der Waals surface area (Å²) in [7, 11) is 0. The van der Waals surface area contributed by atoms with Gasteiger partial charge in [-0.3, -0.25) is 0 Å². The van der Waals surface area contributed by atoms with Gasteiger partial charge in [-0.05, 0) is 31.0 Å². The molecule has 3 heteroatoms. The van der Waals surface area contributed by atoms with Gasteiger partial charge in [-0.1, -0.05) is 11.6 Å². The minimum Gasteiger partial charge on any atom is -0.303 e. The third kappa shape index (κ3) is 2.52. The fourth-order valence-corrected chi connectivity index (χ4v) is 1.30. The Kier molecular flexibility index (Phi) is 3.43. The van der Waals surface area contributed by atoms with Gasteiger partial charge in [0, 0.05) is 17.0 Å². The van der Waals surface area contributed by atoms with Crippen LogP contribution in [-0.4, -0.2) is 6.29 Å². The number of aldehydes is 1. The molecule has 13 heavy (non-hydrogen) atoms. The van der Waals surface area contributed by atoms with Crippen LogP contribution in [0.15, 0.2) is 12.1 Å². The number of carbonyl (C=O) groups is 1. The molecule has 0 amide bonds. The lowest BCUT2D eigenvalue weighted by atomic mass is 10.1. The minimum absolute atomic E-state index is 0.312. The van der Waals surface area contributed by atoms with Gasteiger partial charge in [0.05, 0.1) is 0 Å². The molecule has 0 saturated carbocycles. The zero-order valence-corrected chi connectivity index (χ0v) is 8.07. The maximum atomic E-state index is 13.1. The van der Waals surface area contributed by atoms with Crippen molar-refractivity contribution in [3.8, 4) is 0 Å². The van der Waals surface area contributed by atoms with Gasteiger partial charge in [-0.15, -0.1) is 0 Å². The Morgan fingerprint density at radius 2 is 2.23 bits per heavy atom. The molecule has 0 aliphatic rings. The van der Waals surface area contributed by atoms with Gasteiger partial charge in [0.1, 0.15) is 12.1 Å². The lowest BCUT2D eigenvalue weighted by molar-refractivity contribution is -0.107. The summed E-state index contributed by atoms with van der Waals surface area (Å²) < 4.78 is 13.1. The number of aryl methyl sites for hydroxylation is 1. The largest absolute Gasteiger partial charge is 0.303 e. The summed E-state index contributed by atoms with van der Waals surface area (Å²) in [6.45, 7) is 1.63. The second-order valence-electron chi connectivity index (χ2n) is 2.89. The first-order valence-electron chi connectivity index (χ1n) is 4.03. The Balaban J connectivity index is 2.92. The Morgan fingerprint density at radius 1 is 1.54 bits per heavy atom. The monoisotopic (exact) mass is 200 g/mol. The summed E-state index contributed by atoms with van der Waals surface area (Å²) in [5, 5.41) is 0.417. The Hall–Kier alpha value is -0.890. The maximum absolute atomic E-state index is 13.1. The van der Waals surface area contributed by atoms with E-state index in [1.165, 1.54) is 6.07 Å². The Labute approximate surface area is 81.5 Å². The van der Waals surface area contributed by atoms with Crippen molar-refractivity contribution in [1.82, 2.24) is 0 Å². The fourth-order valence-electron chi connectivity index (χ4n) is 1.07. The standard InChI is InChI=1S/C10H10ClFO/c1-7-9(11)5-8(3-2-4-13)6-10(7)12/h4-6H,2-3H2,1H3. The van der Waals surface area contributed by atoms with Crippen molar-refractivity contribution >= 4 is 17.9 Å². The van der Waals surface area contributed by atoms with Crippen LogP contribution in [0.5, 0.6) is 0 Å². The molecule has 0 aliphatic heterocycles. The molecule has 1 nitrogen and oxygen atoms in total. The maximum Gasteiger partial charge on any atom is 0.127 e. The summed E-state index contributed by atoms with van der Waals surface area (Å²) in [6, 6.07) is 3.12. The molecule has 0 atom stereocenters. The number of carbonyl (C=O) groups excluding carboxylic acids is 1. The molecular formula is C10H10ClFO. The lowest BCUT2D eigenvalue weighted by Gasteiger charge is -2.03. The molecule has 0 unspecified atom stereocenters. The van der Waals surface area contributed by atoms with E-state index in [-0.39, 0.29) is 5.82 Å². The van der Waals surface area contributed by atoms with Crippen LogP contribution < -0.4 is 0 Å². The second-order valence-corrected chi connectivity index (χ2v) is 3.30. The van der Waals surface area contributed by atoms with E-state index in [0.29, 0.717) is 23.4 Å². The van der Waals surface area contributed by atoms with Crippen molar-refractivity contribution in [3.05, 3.63) is 34.1 Å². The summed E-state index contributed by atoms with van der Waals surface area (Å²) in [4.78, 5) is 10.1. The molecule has 1 aromatic carbocycles. The fraction of sp³-hybridized carbons (Fsp3) is 0.300. The highest BCUT2D eigenvalue weighted by Gasteiger charge is 2.04. The predicted molar refractivity (Wildman–Crippen MR) is 50.5 cm³/mol. The van der Waals surface area contributed by atoms with Crippen molar-refractivity contribution < 1.29 is 9.18 Å². The van der Waals surface area contributed by atoms with E-state index < -0.39 is 0 Å². The summed E-state index contributed by atoms with van der Waals surface area (Å²) in [5.41, 5.74) is 1.22. The highest BCUT2D eigenvalue weighted by Crippen LogP contribution is 2.20. The van der Waals surface area contributed by atoms with Crippen LogP contribution in [0.25, 0.3) is 0 Å². The SMILES string of the molecule is Cc1c(F)cc(CCC=O)cc1Cl. The molecule has 0 bridgehead atoms. The molecule has 1 aromatic rings. The zero-order chi connectivity index (χ0) is 9.84. The molecule has 1 rings (SSSR count). The van der Waals surface area contributed by atoms with Crippen LogP contribution in [0.3, 0.4) is 0 Å². The van der Waals surface area contributed by atoms with Gasteiger partial charge >= 0.3 is 0 Å². The zero-order valence-electron chi connectivity index (χ0n) is 7.31. The third-order valence-corrected chi connectivity index (χ3v) is 2.28. The molecule has 0 aliphatic carbocycles. The Bertz CT molecular complexity index is 300. The summed E-state index contributed by atoms with van der Waals surface area (Å²) in [6.07, 6.45) is 1.75. The molecular weight excluding hydrogens is 191 g/mol. The number of rotatable bonds is 3.